The molecule has 0 heterocycles. The second kappa shape index (κ2) is 6.80. The summed E-state index contributed by atoms with van der Waals surface area (Å²) in [4.78, 5) is 11.5. The van der Waals surface area contributed by atoms with Crippen LogP contribution >= 0.6 is 0 Å². The molecule has 0 bridgehead atoms. The molecule has 3 N–H and O–H groups in total. The third-order valence-electron chi connectivity index (χ3n) is 2.49. The van der Waals surface area contributed by atoms with Crippen LogP contribution in [0, 0.1) is 0 Å². The average Bonchev–Trinajstić information content (AvgIpc) is 2.22. The number of aliphatic hydroxyl groups is 1. The van der Waals surface area contributed by atoms with Crippen molar-refractivity contribution in [1.29, 1.82) is 0 Å². The number of rotatable bonds is 7. The number of carbonyl (C=O) groups is 1. The summed E-state index contributed by atoms with van der Waals surface area (Å²) in [5, 5.41) is 15.6. The van der Waals surface area contributed by atoms with Crippen LogP contribution in [-0.2, 0) is 4.79 Å². The fourth-order valence-corrected chi connectivity index (χ4v) is 0.992. The molecule has 0 aromatic rings. The summed E-state index contributed by atoms with van der Waals surface area (Å²) in [7, 11) is 0. The predicted molar refractivity (Wildman–Crippen MR) is 61.7 cm³/mol. The van der Waals surface area contributed by atoms with Crippen molar-refractivity contribution < 1.29 is 9.90 Å². The maximum absolute atomic E-state index is 11.5. The lowest BCUT2D eigenvalue weighted by molar-refractivity contribution is -0.122. The molecule has 0 spiro atoms. The van der Waals surface area contributed by atoms with E-state index in [2.05, 4.69) is 10.6 Å². The molecular weight excluding hydrogens is 192 g/mol. The van der Waals surface area contributed by atoms with Gasteiger partial charge in [0.2, 0.25) is 5.91 Å². The Hall–Kier alpha value is -0.610. The van der Waals surface area contributed by atoms with Crippen LogP contribution in [0.5, 0.6) is 0 Å². The predicted octanol–water partition coefficient (Wildman–Crippen LogP) is 0.652. The minimum Gasteiger partial charge on any atom is -0.389 e. The topological polar surface area (TPSA) is 61.4 Å². The van der Waals surface area contributed by atoms with E-state index in [0.29, 0.717) is 19.5 Å². The number of hydrogen-bond donors (Lipinski definition) is 3. The number of amides is 1. The van der Waals surface area contributed by atoms with Gasteiger partial charge in [-0.3, -0.25) is 4.79 Å². The average molecular weight is 216 g/mol. The highest BCUT2D eigenvalue weighted by atomic mass is 16.3. The summed E-state index contributed by atoms with van der Waals surface area (Å²) >= 11 is 0. The zero-order valence-electron chi connectivity index (χ0n) is 10.3. The molecule has 0 aliphatic heterocycles. The molecule has 0 fully saturated rings. The normalized spacial score (nSPS) is 16.9. The van der Waals surface area contributed by atoms with E-state index in [4.69, 9.17) is 0 Å². The second-order valence-electron chi connectivity index (χ2n) is 4.24. The first-order valence-electron chi connectivity index (χ1n) is 5.66. The van der Waals surface area contributed by atoms with E-state index in [1.165, 1.54) is 0 Å². The van der Waals surface area contributed by atoms with E-state index < -0.39 is 5.60 Å². The van der Waals surface area contributed by atoms with Crippen molar-refractivity contribution in [2.45, 2.75) is 52.2 Å². The molecule has 4 nitrogen and oxygen atoms in total. The van der Waals surface area contributed by atoms with Gasteiger partial charge in [-0.15, -0.1) is 0 Å². The lowest BCUT2D eigenvalue weighted by atomic mass is 10.0. The Balaban J connectivity index is 3.82. The summed E-state index contributed by atoms with van der Waals surface area (Å²) in [5.41, 5.74) is -0.737. The highest BCUT2D eigenvalue weighted by molar-refractivity contribution is 5.81. The SMILES string of the molecule is CCCNC(=O)C(C)NCC(C)(O)CC. The second-order valence-corrected chi connectivity index (χ2v) is 4.24. The van der Waals surface area contributed by atoms with Crippen LogP contribution in [-0.4, -0.2) is 35.7 Å². The summed E-state index contributed by atoms with van der Waals surface area (Å²) in [5.74, 6) is -0.0104. The minimum absolute atomic E-state index is 0.0104. The molecule has 0 saturated heterocycles. The molecule has 4 heteroatoms. The molecule has 90 valence electrons. The first kappa shape index (κ1) is 14.4. The summed E-state index contributed by atoms with van der Waals surface area (Å²) < 4.78 is 0. The molecule has 0 aromatic carbocycles. The number of carbonyl (C=O) groups excluding carboxylic acids is 1. The highest BCUT2D eigenvalue weighted by Crippen LogP contribution is 2.06. The Kier molecular flexibility index (Phi) is 6.52. The van der Waals surface area contributed by atoms with Crippen molar-refractivity contribution in [3.63, 3.8) is 0 Å². The Bertz CT molecular complexity index is 193. The van der Waals surface area contributed by atoms with E-state index in [-0.39, 0.29) is 11.9 Å². The maximum atomic E-state index is 11.5. The minimum atomic E-state index is -0.737. The van der Waals surface area contributed by atoms with Gasteiger partial charge >= 0.3 is 0 Å². The van der Waals surface area contributed by atoms with Crippen molar-refractivity contribution in [1.82, 2.24) is 10.6 Å². The molecule has 1 amide bonds. The van der Waals surface area contributed by atoms with E-state index >= 15 is 0 Å². The van der Waals surface area contributed by atoms with E-state index in [0.717, 1.165) is 6.42 Å². The molecule has 15 heavy (non-hydrogen) atoms. The zero-order valence-corrected chi connectivity index (χ0v) is 10.3. The van der Waals surface area contributed by atoms with Crippen LogP contribution in [0.15, 0.2) is 0 Å². The third-order valence-corrected chi connectivity index (χ3v) is 2.49. The first-order chi connectivity index (χ1) is 6.93. The number of hydrogen-bond acceptors (Lipinski definition) is 3. The maximum Gasteiger partial charge on any atom is 0.236 e. The van der Waals surface area contributed by atoms with Gasteiger partial charge in [-0.25, -0.2) is 0 Å². The van der Waals surface area contributed by atoms with Gasteiger partial charge < -0.3 is 15.7 Å². The number of nitrogens with one attached hydrogen (secondary N) is 2. The Morgan fingerprint density at radius 1 is 1.47 bits per heavy atom. The van der Waals surface area contributed by atoms with Crippen LogP contribution < -0.4 is 10.6 Å². The van der Waals surface area contributed by atoms with E-state index in [1.807, 2.05) is 13.8 Å². The van der Waals surface area contributed by atoms with Gasteiger partial charge in [0.25, 0.3) is 0 Å². The summed E-state index contributed by atoms with van der Waals surface area (Å²) in [6.45, 7) is 8.64. The third kappa shape index (κ3) is 6.47. The Morgan fingerprint density at radius 3 is 2.53 bits per heavy atom. The lowest BCUT2D eigenvalue weighted by Crippen LogP contribution is -2.48. The van der Waals surface area contributed by atoms with Crippen LogP contribution in [0.2, 0.25) is 0 Å². The van der Waals surface area contributed by atoms with Crippen molar-refractivity contribution in [2.24, 2.45) is 0 Å². The fourth-order valence-electron chi connectivity index (χ4n) is 0.992. The van der Waals surface area contributed by atoms with Crippen LogP contribution in [0.3, 0.4) is 0 Å². The van der Waals surface area contributed by atoms with Crippen molar-refractivity contribution in [2.75, 3.05) is 13.1 Å². The van der Waals surface area contributed by atoms with Crippen molar-refractivity contribution in [3.05, 3.63) is 0 Å². The fraction of sp³-hybridized carbons (Fsp3) is 0.909. The van der Waals surface area contributed by atoms with Crippen LogP contribution in [0.4, 0.5) is 0 Å². The molecule has 0 aliphatic rings. The van der Waals surface area contributed by atoms with Crippen molar-refractivity contribution in [3.8, 4) is 0 Å². The smallest absolute Gasteiger partial charge is 0.236 e. The molecule has 2 unspecified atom stereocenters. The first-order valence-corrected chi connectivity index (χ1v) is 5.66. The molecule has 0 saturated carbocycles. The molecule has 0 rings (SSSR count). The van der Waals surface area contributed by atoms with Crippen molar-refractivity contribution >= 4 is 5.91 Å². The lowest BCUT2D eigenvalue weighted by Gasteiger charge is -2.24. The monoisotopic (exact) mass is 216 g/mol. The molecular formula is C11H24N2O2. The van der Waals surface area contributed by atoms with Gasteiger partial charge in [-0.2, -0.15) is 0 Å². The van der Waals surface area contributed by atoms with Gasteiger partial charge in [0.1, 0.15) is 0 Å². The highest BCUT2D eigenvalue weighted by Gasteiger charge is 2.20. The van der Waals surface area contributed by atoms with Gasteiger partial charge in [0.05, 0.1) is 11.6 Å². The Labute approximate surface area is 92.4 Å². The van der Waals surface area contributed by atoms with Crippen LogP contribution in [0.25, 0.3) is 0 Å². The standard InChI is InChI=1S/C11H24N2O2/c1-5-7-12-10(14)9(3)13-8-11(4,15)6-2/h9,13,15H,5-8H2,1-4H3,(H,12,14). The van der Waals surface area contributed by atoms with Crippen LogP contribution in [0.1, 0.15) is 40.5 Å². The van der Waals surface area contributed by atoms with Gasteiger partial charge in [-0.1, -0.05) is 13.8 Å². The van der Waals surface area contributed by atoms with Gasteiger partial charge in [-0.05, 0) is 26.7 Å². The molecule has 0 aliphatic carbocycles. The van der Waals surface area contributed by atoms with E-state index in [9.17, 15) is 9.90 Å². The quantitative estimate of drug-likeness (QED) is 0.585. The summed E-state index contributed by atoms with van der Waals surface area (Å²) in [6.07, 6.45) is 1.61. The zero-order chi connectivity index (χ0) is 11.9. The molecule has 2 atom stereocenters. The summed E-state index contributed by atoms with van der Waals surface area (Å²) in [6, 6.07) is -0.255. The molecule has 0 radical (unpaired) electrons. The van der Waals surface area contributed by atoms with Gasteiger partial charge in [0, 0.05) is 13.1 Å². The Morgan fingerprint density at radius 2 is 2.07 bits per heavy atom. The largest absolute Gasteiger partial charge is 0.389 e. The van der Waals surface area contributed by atoms with E-state index in [1.54, 1.807) is 13.8 Å². The molecule has 0 aromatic heterocycles. The van der Waals surface area contributed by atoms with Gasteiger partial charge in [0.15, 0.2) is 0 Å².